The van der Waals surface area contributed by atoms with E-state index in [0.717, 1.165) is 23.8 Å². The minimum atomic E-state index is -0.597. The number of carbonyl (C=O) groups excluding carboxylic acids is 3. The number of hydrogen-bond acceptors (Lipinski definition) is 4. The second kappa shape index (κ2) is 6.35. The zero-order valence-electron chi connectivity index (χ0n) is 14.1. The number of imide groups is 1. The molecule has 3 aliphatic heterocycles. The summed E-state index contributed by atoms with van der Waals surface area (Å²) in [4.78, 5) is 37.5. The van der Waals surface area contributed by atoms with Crippen LogP contribution >= 0.6 is 0 Å². The first-order valence-corrected chi connectivity index (χ1v) is 8.74. The number of hydrogen-bond donors (Lipinski definition) is 1. The molecule has 0 bridgehead atoms. The molecule has 3 aliphatic rings. The number of nitrogens with one attached hydrogen (secondary N) is 1. The lowest BCUT2D eigenvalue weighted by Crippen LogP contribution is -2.52. The number of rotatable bonds is 1. The largest absolute Gasteiger partial charge is 0.322 e. The van der Waals surface area contributed by atoms with E-state index < -0.39 is 11.9 Å². The molecule has 3 amide bonds. The summed E-state index contributed by atoms with van der Waals surface area (Å²) in [6.07, 6.45) is 2.27. The SMILES string of the molecule is N#CB1CC(C#Cc2ccc3c(c2)CN(C2CCC(=O)NC2=O)C3=O)C1. The van der Waals surface area contributed by atoms with E-state index in [2.05, 4.69) is 23.1 Å². The van der Waals surface area contributed by atoms with Crippen molar-refractivity contribution in [3.8, 4) is 17.8 Å². The lowest BCUT2D eigenvalue weighted by molar-refractivity contribution is -0.136. The van der Waals surface area contributed by atoms with Gasteiger partial charge < -0.3 is 4.90 Å². The minimum absolute atomic E-state index is 0.133. The second-order valence-electron chi connectivity index (χ2n) is 7.04. The van der Waals surface area contributed by atoms with Crippen molar-refractivity contribution < 1.29 is 14.4 Å². The molecule has 128 valence electrons. The van der Waals surface area contributed by atoms with Crippen molar-refractivity contribution in [2.45, 2.75) is 38.1 Å². The van der Waals surface area contributed by atoms with E-state index in [9.17, 15) is 14.4 Å². The lowest BCUT2D eigenvalue weighted by Gasteiger charge is -2.29. The van der Waals surface area contributed by atoms with E-state index >= 15 is 0 Å². The molecule has 1 aromatic rings. The van der Waals surface area contributed by atoms with E-state index in [0.29, 0.717) is 18.5 Å². The monoisotopic (exact) mass is 345 g/mol. The molecule has 1 aromatic carbocycles. The first kappa shape index (κ1) is 16.4. The molecule has 6 nitrogen and oxygen atoms in total. The standard InChI is InChI=1S/C19H16BN3O3/c21-11-20-8-13(9-20)2-1-12-3-4-15-14(7-12)10-23(19(15)26)16-5-6-17(24)22-18(16)25/h3-4,7,13,16H,5-6,8-10H2,(H,22,24,25). The van der Waals surface area contributed by atoms with Gasteiger partial charge in [-0.2, -0.15) is 0 Å². The van der Waals surface area contributed by atoms with Gasteiger partial charge in [-0.25, -0.2) is 5.26 Å². The van der Waals surface area contributed by atoms with E-state index in [1.54, 1.807) is 6.07 Å². The van der Waals surface area contributed by atoms with Gasteiger partial charge in [-0.05, 0) is 42.8 Å². The van der Waals surface area contributed by atoms with Gasteiger partial charge in [0.2, 0.25) is 11.8 Å². The van der Waals surface area contributed by atoms with E-state index in [4.69, 9.17) is 5.26 Å². The van der Waals surface area contributed by atoms with Crippen LogP contribution in [0, 0.1) is 29.0 Å². The molecule has 0 saturated carbocycles. The molecule has 0 aliphatic carbocycles. The van der Waals surface area contributed by atoms with Gasteiger partial charge >= 0.3 is 0 Å². The highest BCUT2D eigenvalue weighted by Crippen LogP contribution is 2.29. The van der Waals surface area contributed by atoms with Gasteiger partial charge in [0.1, 0.15) is 6.04 Å². The Balaban J connectivity index is 1.49. The minimum Gasteiger partial charge on any atom is -0.322 e. The Morgan fingerprint density at radius 1 is 1.23 bits per heavy atom. The molecule has 3 heterocycles. The van der Waals surface area contributed by atoms with Gasteiger partial charge in [0.15, 0.2) is 0 Å². The van der Waals surface area contributed by atoms with Crippen molar-refractivity contribution in [1.29, 1.82) is 5.26 Å². The smallest absolute Gasteiger partial charge is 0.270 e. The maximum absolute atomic E-state index is 12.6. The summed E-state index contributed by atoms with van der Waals surface area (Å²) in [7, 11) is 0. The van der Waals surface area contributed by atoms with Crippen LogP contribution in [-0.2, 0) is 16.1 Å². The van der Waals surface area contributed by atoms with Crippen molar-refractivity contribution in [2.75, 3.05) is 0 Å². The predicted molar refractivity (Wildman–Crippen MR) is 93.8 cm³/mol. The van der Waals surface area contributed by atoms with E-state index in [-0.39, 0.29) is 30.9 Å². The highest BCUT2D eigenvalue weighted by atomic mass is 16.2. The fourth-order valence-electron chi connectivity index (χ4n) is 3.68. The molecule has 1 N–H and O–H groups in total. The number of nitrogens with zero attached hydrogens (tertiary/aromatic N) is 2. The van der Waals surface area contributed by atoms with Gasteiger partial charge in [0.05, 0.1) is 0 Å². The number of piperidine rings is 1. The Hall–Kier alpha value is -3.06. The first-order chi connectivity index (χ1) is 12.5. The summed E-state index contributed by atoms with van der Waals surface area (Å²) in [5.41, 5.74) is 2.28. The third-order valence-electron chi connectivity index (χ3n) is 5.26. The average Bonchev–Trinajstić information content (AvgIpc) is 2.90. The molecule has 0 radical (unpaired) electrons. The molecule has 1 atom stereocenters. The van der Waals surface area contributed by atoms with Crippen LogP contribution in [0.15, 0.2) is 18.2 Å². The van der Waals surface area contributed by atoms with E-state index in [1.165, 1.54) is 4.90 Å². The second-order valence-corrected chi connectivity index (χ2v) is 7.04. The molecule has 4 rings (SSSR count). The molecule has 26 heavy (non-hydrogen) atoms. The zero-order chi connectivity index (χ0) is 18.3. The Kier molecular flexibility index (Phi) is 4.01. The summed E-state index contributed by atoms with van der Waals surface area (Å²) in [5, 5.41) is 11.1. The Labute approximate surface area is 151 Å². The van der Waals surface area contributed by atoms with Crippen LogP contribution in [0.4, 0.5) is 0 Å². The van der Waals surface area contributed by atoms with Crippen molar-refractivity contribution in [1.82, 2.24) is 10.2 Å². The first-order valence-electron chi connectivity index (χ1n) is 8.74. The number of nitriles is 1. The quantitative estimate of drug-likeness (QED) is 0.467. The summed E-state index contributed by atoms with van der Waals surface area (Å²) in [6.45, 7) is 0.490. The normalized spacial score (nSPS) is 22.1. The topological polar surface area (TPSA) is 90.3 Å². The molecular weight excluding hydrogens is 329 g/mol. The zero-order valence-corrected chi connectivity index (χ0v) is 14.1. The van der Waals surface area contributed by atoms with Gasteiger partial charge in [-0.3, -0.25) is 19.7 Å². The summed E-state index contributed by atoms with van der Waals surface area (Å²) >= 11 is 0. The highest BCUT2D eigenvalue weighted by Gasteiger charge is 2.39. The Bertz CT molecular complexity index is 918. The molecule has 0 aromatic heterocycles. The predicted octanol–water partition coefficient (Wildman–Crippen LogP) is 0.986. The maximum atomic E-state index is 12.6. The summed E-state index contributed by atoms with van der Waals surface area (Å²) < 4.78 is 0. The Morgan fingerprint density at radius 2 is 2.04 bits per heavy atom. The van der Waals surface area contributed by atoms with Gasteiger partial charge in [-0.15, -0.1) is 0 Å². The van der Waals surface area contributed by atoms with E-state index in [1.807, 2.05) is 12.1 Å². The number of carbonyl (C=O) groups is 3. The van der Waals surface area contributed by atoms with Crippen LogP contribution < -0.4 is 5.32 Å². The van der Waals surface area contributed by atoms with Crippen molar-refractivity contribution in [2.24, 2.45) is 5.92 Å². The average molecular weight is 345 g/mol. The molecular formula is C19H16BN3O3. The molecule has 2 saturated heterocycles. The van der Waals surface area contributed by atoms with Crippen LogP contribution in [-0.4, -0.2) is 35.4 Å². The van der Waals surface area contributed by atoms with Crippen LogP contribution in [0.3, 0.4) is 0 Å². The molecule has 0 spiro atoms. The van der Waals surface area contributed by atoms with Crippen molar-refractivity contribution in [3.63, 3.8) is 0 Å². The molecule has 2 fully saturated rings. The Morgan fingerprint density at radius 3 is 2.77 bits per heavy atom. The van der Waals surface area contributed by atoms with Gasteiger partial charge in [0.25, 0.3) is 12.6 Å². The highest BCUT2D eigenvalue weighted by molar-refractivity contribution is 6.69. The fourth-order valence-corrected chi connectivity index (χ4v) is 3.68. The van der Waals surface area contributed by atoms with Crippen LogP contribution in [0.5, 0.6) is 0 Å². The summed E-state index contributed by atoms with van der Waals surface area (Å²) in [5.74, 6) is 7.97. The van der Waals surface area contributed by atoms with Crippen molar-refractivity contribution >= 4 is 24.4 Å². The van der Waals surface area contributed by atoms with Crippen LogP contribution in [0.1, 0.15) is 34.3 Å². The van der Waals surface area contributed by atoms with Gasteiger partial charge in [-0.1, -0.05) is 11.8 Å². The fraction of sp³-hybridized carbons (Fsp3) is 0.368. The van der Waals surface area contributed by atoms with Gasteiger partial charge in [0, 0.05) is 36.0 Å². The third kappa shape index (κ3) is 2.86. The van der Waals surface area contributed by atoms with Crippen molar-refractivity contribution in [3.05, 3.63) is 34.9 Å². The third-order valence-corrected chi connectivity index (χ3v) is 5.26. The summed E-state index contributed by atoms with van der Waals surface area (Å²) in [6, 6.07) is 4.87. The number of fused-ring (bicyclic) bond motifs is 1. The molecule has 1 unspecified atom stereocenters. The van der Waals surface area contributed by atoms with Crippen LogP contribution in [0.25, 0.3) is 0 Å². The lowest BCUT2D eigenvalue weighted by atomic mass is 9.33. The molecule has 7 heteroatoms. The number of benzene rings is 1. The number of amides is 3. The maximum Gasteiger partial charge on any atom is 0.270 e. The van der Waals surface area contributed by atoms with Crippen LogP contribution in [0.2, 0.25) is 12.6 Å².